The maximum Gasteiger partial charge on any atom is 0.157 e. The Hall–Kier alpha value is -0.0800. The van der Waals surface area contributed by atoms with Crippen molar-refractivity contribution >= 4 is 0 Å². The summed E-state index contributed by atoms with van der Waals surface area (Å²) in [6.07, 6.45) is 10.9. The van der Waals surface area contributed by atoms with E-state index in [1.165, 1.54) is 44.9 Å². The second kappa shape index (κ2) is 8.16. The van der Waals surface area contributed by atoms with E-state index < -0.39 is 0 Å². The van der Waals surface area contributed by atoms with Crippen LogP contribution in [0.5, 0.6) is 0 Å². The fourth-order valence-electron chi connectivity index (χ4n) is 2.30. The van der Waals surface area contributed by atoms with Crippen LogP contribution in [0.15, 0.2) is 0 Å². The van der Waals surface area contributed by atoms with Gasteiger partial charge in [0.05, 0.1) is 12.7 Å². The molecule has 1 fully saturated rings. The molecule has 0 aromatic heterocycles. The van der Waals surface area contributed by atoms with Crippen molar-refractivity contribution in [3.05, 3.63) is 0 Å². The molecule has 0 aliphatic carbocycles. The predicted octanol–water partition coefficient (Wildman–Crippen LogP) is 4.91. The van der Waals surface area contributed by atoms with Crippen LogP contribution >= 0.6 is 0 Å². The van der Waals surface area contributed by atoms with Crippen LogP contribution in [0.2, 0.25) is 0 Å². The summed E-state index contributed by atoms with van der Waals surface area (Å²) in [5.74, 6) is 0. The maximum atomic E-state index is 5.92. The Labute approximate surface area is 113 Å². The number of unbranched alkanes of at least 4 members (excludes halogenated alkanes) is 6. The van der Waals surface area contributed by atoms with E-state index in [-0.39, 0.29) is 11.7 Å². The third kappa shape index (κ3) is 5.71. The average Bonchev–Trinajstić information content (AvgIpc) is 2.33. The maximum absolute atomic E-state index is 5.92. The molecule has 0 radical (unpaired) electrons. The molecule has 1 rings (SSSR count). The summed E-state index contributed by atoms with van der Waals surface area (Å²) in [7, 11) is 0. The first kappa shape index (κ1) is 16.0. The lowest BCUT2D eigenvalue weighted by Gasteiger charge is -2.40. The number of hydrogen-bond donors (Lipinski definition) is 0. The highest BCUT2D eigenvalue weighted by molar-refractivity contribution is 4.79. The lowest BCUT2D eigenvalue weighted by Crippen LogP contribution is -2.44. The minimum absolute atomic E-state index is 0.0451. The van der Waals surface area contributed by atoms with Crippen molar-refractivity contribution < 1.29 is 9.47 Å². The standard InChI is InChI=1S/C16H32O2/c1-5-6-7-8-9-10-11-12-15-17-13-16(3,4)14(2)18-15/h14-15H,5-13H2,1-4H3/t14-,15-/m1/s1. The molecule has 1 saturated heterocycles. The van der Waals surface area contributed by atoms with E-state index >= 15 is 0 Å². The Bertz CT molecular complexity index is 213. The fourth-order valence-corrected chi connectivity index (χ4v) is 2.30. The minimum atomic E-state index is 0.0451. The predicted molar refractivity (Wildman–Crippen MR) is 76.7 cm³/mol. The zero-order chi connectivity index (χ0) is 13.4. The number of rotatable bonds is 8. The molecule has 18 heavy (non-hydrogen) atoms. The Morgan fingerprint density at radius 1 is 1.00 bits per heavy atom. The van der Waals surface area contributed by atoms with Gasteiger partial charge in [-0.15, -0.1) is 0 Å². The largest absolute Gasteiger partial charge is 0.352 e. The third-order valence-electron chi connectivity index (χ3n) is 4.14. The number of ether oxygens (including phenoxy) is 2. The van der Waals surface area contributed by atoms with Crippen LogP contribution in [0.3, 0.4) is 0 Å². The fraction of sp³-hybridized carbons (Fsp3) is 1.00. The van der Waals surface area contributed by atoms with Gasteiger partial charge < -0.3 is 9.47 Å². The van der Waals surface area contributed by atoms with Crippen molar-refractivity contribution in [1.29, 1.82) is 0 Å². The van der Waals surface area contributed by atoms with Crippen molar-refractivity contribution in [3.63, 3.8) is 0 Å². The molecule has 0 N–H and O–H groups in total. The van der Waals surface area contributed by atoms with Gasteiger partial charge in [-0.2, -0.15) is 0 Å². The van der Waals surface area contributed by atoms with Crippen LogP contribution in [0.25, 0.3) is 0 Å². The van der Waals surface area contributed by atoms with Gasteiger partial charge in [0.2, 0.25) is 0 Å². The molecule has 0 amide bonds. The average molecular weight is 256 g/mol. The van der Waals surface area contributed by atoms with Gasteiger partial charge in [-0.25, -0.2) is 0 Å². The van der Waals surface area contributed by atoms with Crippen molar-refractivity contribution in [2.75, 3.05) is 6.61 Å². The molecule has 1 heterocycles. The molecule has 2 nitrogen and oxygen atoms in total. The molecular formula is C16H32O2. The first-order valence-electron chi connectivity index (χ1n) is 7.83. The molecular weight excluding hydrogens is 224 g/mol. The topological polar surface area (TPSA) is 18.5 Å². The molecule has 0 unspecified atom stereocenters. The highest BCUT2D eigenvalue weighted by Gasteiger charge is 2.34. The van der Waals surface area contributed by atoms with E-state index in [9.17, 15) is 0 Å². The van der Waals surface area contributed by atoms with Gasteiger partial charge in [0.15, 0.2) is 6.29 Å². The first-order chi connectivity index (χ1) is 8.56. The molecule has 0 saturated carbocycles. The molecule has 0 spiro atoms. The molecule has 2 heteroatoms. The summed E-state index contributed by atoms with van der Waals surface area (Å²) >= 11 is 0. The summed E-state index contributed by atoms with van der Waals surface area (Å²) in [5, 5.41) is 0. The second-order valence-corrected chi connectivity index (χ2v) is 6.42. The zero-order valence-corrected chi connectivity index (χ0v) is 12.8. The van der Waals surface area contributed by atoms with Crippen LogP contribution in [-0.4, -0.2) is 19.0 Å². The highest BCUT2D eigenvalue weighted by atomic mass is 16.7. The van der Waals surface area contributed by atoms with Gasteiger partial charge >= 0.3 is 0 Å². The van der Waals surface area contributed by atoms with Crippen LogP contribution in [0.1, 0.15) is 79.1 Å². The normalized spacial score (nSPS) is 27.3. The van der Waals surface area contributed by atoms with Gasteiger partial charge in [0.25, 0.3) is 0 Å². The monoisotopic (exact) mass is 256 g/mol. The van der Waals surface area contributed by atoms with Crippen molar-refractivity contribution in [2.45, 2.75) is 91.5 Å². The Morgan fingerprint density at radius 2 is 1.61 bits per heavy atom. The van der Waals surface area contributed by atoms with Crippen LogP contribution in [-0.2, 0) is 9.47 Å². The quantitative estimate of drug-likeness (QED) is 0.574. The molecule has 108 valence electrons. The summed E-state index contributed by atoms with van der Waals surface area (Å²) in [6.45, 7) is 9.68. The van der Waals surface area contributed by atoms with Crippen molar-refractivity contribution in [3.8, 4) is 0 Å². The van der Waals surface area contributed by atoms with Crippen molar-refractivity contribution in [2.24, 2.45) is 5.41 Å². The van der Waals surface area contributed by atoms with Gasteiger partial charge in [-0.05, 0) is 19.8 Å². The van der Waals surface area contributed by atoms with E-state index in [0.717, 1.165) is 13.0 Å². The Morgan fingerprint density at radius 3 is 2.22 bits per heavy atom. The summed E-state index contributed by atoms with van der Waals surface area (Å²) < 4.78 is 11.7. The summed E-state index contributed by atoms with van der Waals surface area (Å²) in [5.41, 5.74) is 0.163. The summed E-state index contributed by atoms with van der Waals surface area (Å²) in [4.78, 5) is 0. The Balaban J connectivity index is 2.00. The highest BCUT2D eigenvalue weighted by Crippen LogP contribution is 2.31. The van der Waals surface area contributed by atoms with E-state index in [0.29, 0.717) is 6.10 Å². The van der Waals surface area contributed by atoms with E-state index in [2.05, 4.69) is 27.7 Å². The molecule has 1 aliphatic rings. The lowest BCUT2D eigenvalue weighted by atomic mass is 9.87. The second-order valence-electron chi connectivity index (χ2n) is 6.42. The SMILES string of the molecule is CCCCCCCCC[C@@H]1OCC(C)(C)[C@@H](C)O1. The lowest BCUT2D eigenvalue weighted by molar-refractivity contribution is -0.256. The third-order valence-corrected chi connectivity index (χ3v) is 4.14. The molecule has 0 bridgehead atoms. The van der Waals surface area contributed by atoms with E-state index in [1.54, 1.807) is 0 Å². The minimum Gasteiger partial charge on any atom is -0.352 e. The molecule has 0 aromatic rings. The first-order valence-corrected chi connectivity index (χ1v) is 7.83. The molecule has 0 aromatic carbocycles. The number of hydrogen-bond acceptors (Lipinski definition) is 2. The van der Waals surface area contributed by atoms with Crippen LogP contribution < -0.4 is 0 Å². The molecule has 2 atom stereocenters. The zero-order valence-electron chi connectivity index (χ0n) is 12.8. The van der Waals surface area contributed by atoms with Gasteiger partial charge in [0, 0.05) is 5.41 Å². The van der Waals surface area contributed by atoms with Crippen LogP contribution in [0, 0.1) is 5.41 Å². The Kier molecular flexibility index (Phi) is 7.25. The van der Waals surface area contributed by atoms with E-state index in [1.807, 2.05) is 0 Å². The smallest absolute Gasteiger partial charge is 0.157 e. The van der Waals surface area contributed by atoms with Gasteiger partial charge in [-0.3, -0.25) is 0 Å². The van der Waals surface area contributed by atoms with Crippen LogP contribution in [0.4, 0.5) is 0 Å². The van der Waals surface area contributed by atoms with Gasteiger partial charge in [-0.1, -0.05) is 59.3 Å². The molecule has 1 aliphatic heterocycles. The van der Waals surface area contributed by atoms with Gasteiger partial charge in [0.1, 0.15) is 0 Å². The van der Waals surface area contributed by atoms with Crippen molar-refractivity contribution in [1.82, 2.24) is 0 Å². The van der Waals surface area contributed by atoms with E-state index in [4.69, 9.17) is 9.47 Å². The summed E-state index contributed by atoms with van der Waals surface area (Å²) in [6, 6.07) is 0.